The summed E-state index contributed by atoms with van der Waals surface area (Å²) in [4.78, 5) is 43.3. The van der Waals surface area contributed by atoms with Gasteiger partial charge in [-0.25, -0.2) is 4.79 Å². The van der Waals surface area contributed by atoms with Crippen molar-refractivity contribution >= 4 is 40.3 Å². The summed E-state index contributed by atoms with van der Waals surface area (Å²) in [5, 5.41) is 14.2. The van der Waals surface area contributed by atoms with Gasteiger partial charge in [0.1, 0.15) is 0 Å². The van der Waals surface area contributed by atoms with E-state index in [1.54, 1.807) is 44.7 Å². The maximum Gasteiger partial charge on any atom is 0.317 e. The highest BCUT2D eigenvalue weighted by Gasteiger charge is 2.28. The van der Waals surface area contributed by atoms with Crippen molar-refractivity contribution in [3.8, 4) is 0 Å². The third kappa shape index (κ3) is 5.82. The molecule has 1 aromatic heterocycles. The van der Waals surface area contributed by atoms with Gasteiger partial charge in [0.05, 0.1) is 18.5 Å². The smallest absolute Gasteiger partial charge is 0.317 e. The number of rotatable bonds is 5. The van der Waals surface area contributed by atoms with Gasteiger partial charge in [-0.3, -0.25) is 14.2 Å². The van der Waals surface area contributed by atoms with Crippen LogP contribution in [-0.2, 0) is 17.8 Å². The number of urea groups is 1. The molecule has 0 bridgehead atoms. The van der Waals surface area contributed by atoms with E-state index in [-0.39, 0.29) is 36.9 Å². The van der Waals surface area contributed by atoms with Crippen LogP contribution >= 0.6 is 11.6 Å². The lowest BCUT2D eigenvalue weighted by molar-refractivity contribution is -0.131. The maximum absolute atomic E-state index is 13.5. The number of aliphatic hydroxyl groups is 1. The topological polar surface area (TPSA) is 94.9 Å². The summed E-state index contributed by atoms with van der Waals surface area (Å²) in [7, 11) is 0. The maximum atomic E-state index is 13.5. The molecule has 1 saturated carbocycles. The molecule has 3 aromatic rings. The van der Waals surface area contributed by atoms with Crippen molar-refractivity contribution in [2.24, 2.45) is 0 Å². The van der Waals surface area contributed by atoms with Crippen molar-refractivity contribution in [1.82, 2.24) is 19.7 Å². The van der Waals surface area contributed by atoms with Crippen LogP contribution in [0.5, 0.6) is 0 Å². The molecule has 1 aliphatic carbocycles. The van der Waals surface area contributed by atoms with Crippen LogP contribution in [-0.4, -0.2) is 69.5 Å². The van der Waals surface area contributed by atoms with Gasteiger partial charge in [-0.05, 0) is 67.3 Å². The van der Waals surface area contributed by atoms with Gasteiger partial charge in [-0.15, -0.1) is 0 Å². The minimum absolute atomic E-state index is 0.0369. The lowest BCUT2D eigenvalue weighted by Gasteiger charge is -2.36. The van der Waals surface area contributed by atoms with Crippen molar-refractivity contribution in [1.29, 1.82) is 0 Å². The average Bonchev–Trinajstić information content (AvgIpc) is 3.23. The second-order valence-electron chi connectivity index (χ2n) is 10.6. The summed E-state index contributed by atoms with van der Waals surface area (Å²) < 4.78 is 1.63. The van der Waals surface area contributed by atoms with Crippen LogP contribution in [0, 0.1) is 6.92 Å². The molecule has 2 aliphatic rings. The Bertz CT molecular complexity index is 1370. The average molecular weight is 551 g/mol. The molecule has 9 heteroatoms. The van der Waals surface area contributed by atoms with E-state index in [0.717, 1.165) is 36.6 Å². The van der Waals surface area contributed by atoms with Gasteiger partial charge in [0.25, 0.3) is 5.91 Å². The highest BCUT2D eigenvalue weighted by molar-refractivity contribution is 6.30. The molecular weight excluding hydrogens is 516 g/mol. The Morgan fingerprint density at radius 1 is 0.949 bits per heavy atom. The number of carbonyl (C=O) groups excluding carboxylic acids is 3. The Kier molecular flexibility index (Phi) is 8.23. The molecule has 2 N–H and O–H groups in total. The van der Waals surface area contributed by atoms with Crippen LogP contribution in [0.3, 0.4) is 0 Å². The number of halogens is 1. The molecule has 0 unspecified atom stereocenters. The largest absolute Gasteiger partial charge is 0.392 e. The molecule has 2 aromatic carbocycles. The lowest BCUT2D eigenvalue weighted by Crippen LogP contribution is -2.55. The van der Waals surface area contributed by atoms with Crippen LogP contribution in [0.4, 0.5) is 4.79 Å². The van der Waals surface area contributed by atoms with Crippen LogP contribution < -0.4 is 5.32 Å². The van der Waals surface area contributed by atoms with Crippen molar-refractivity contribution in [2.75, 3.05) is 26.2 Å². The molecule has 5 rings (SSSR count). The summed E-state index contributed by atoms with van der Waals surface area (Å²) in [6, 6.07) is 12.4. The van der Waals surface area contributed by atoms with Gasteiger partial charge >= 0.3 is 6.03 Å². The Morgan fingerprint density at radius 3 is 2.28 bits per heavy atom. The molecular formula is C30H35ClN4O4. The molecule has 2 heterocycles. The molecule has 8 nitrogen and oxygen atoms in total. The normalized spacial score (nSPS) is 16.5. The second kappa shape index (κ2) is 11.8. The standard InChI is InChI=1S/C30H35ClN4O4/c1-20-25(18-28(37)33-13-15-34(16-14-33)30(39)32-24-5-3-2-4-6-24)26-17-21(19-36)7-12-27(26)35(20)29(38)22-8-10-23(31)11-9-22/h7-12,17,24,36H,2-6,13-16,18-19H2,1H3,(H,32,39). The number of benzene rings is 2. The molecule has 0 radical (unpaired) electrons. The fraction of sp³-hybridized carbons (Fsp3) is 0.433. The van der Waals surface area contributed by atoms with Gasteiger partial charge in [0.2, 0.25) is 5.91 Å². The zero-order valence-electron chi connectivity index (χ0n) is 22.3. The van der Waals surface area contributed by atoms with E-state index < -0.39 is 0 Å². The van der Waals surface area contributed by atoms with Crippen LogP contribution in [0.1, 0.15) is 59.3 Å². The first kappa shape index (κ1) is 27.2. The number of carbonyl (C=O) groups is 3. The first-order valence-electron chi connectivity index (χ1n) is 13.7. The number of fused-ring (bicyclic) bond motifs is 1. The number of nitrogens with one attached hydrogen (secondary N) is 1. The quantitative estimate of drug-likeness (QED) is 0.488. The van der Waals surface area contributed by atoms with Crippen LogP contribution in [0.2, 0.25) is 5.02 Å². The first-order valence-corrected chi connectivity index (χ1v) is 14.1. The summed E-state index contributed by atoms with van der Waals surface area (Å²) in [6.07, 6.45) is 5.77. The highest BCUT2D eigenvalue weighted by atomic mass is 35.5. The third-order valence-corrected chi connectivity index (χ3v) is 8.31. The van der Waals surface area contributed by atoms with E-state index in [2.05, 4.69) is 5.32 Å². The molecule has 1 saturated heterocycles. The zero-order chi connectivity index (χ0) is 27.5. The number of aliphatic hydroxyl groups excluding tert-OH is 1. The predicted octanol–water partition coefficient (Wildman–Crippen LogP) is 4.51. The number of nitrogens with zero attached hydrogens (tertiary/aromatic N) is 3. The number of hydrogen-bond acceptors (Lipinski definition) is 4. The molecule has 1 aliphatic heterocycles. The van der Waals surface area contributed by atoms with Gasteiger partial charge in [-0.1, -0.05) is 36.9 Å². The van der Waals surface area contributed by atoms with Crippen molar-refractivity contribution in [2.45, 2.75) is 58.1 Å². The molecule has 39 heavy (non-hydrogen) atoms. The second-order valence-corrected chi connectivity index (χ2v) is 11.0. The van der Waals surface area contributed by atoms with Gasteiger partial charge in [-0.2, -0.15) is 0 Å². The summed E-state index contributed by atoms with van der Waals surface area (Å²) in [5.41, 5.74) is 3.36. The van der Waals surface area contributed by atoms with E-state index in [9.17, 15) is 19.5 Å². The molecule has 206 valence electrons. The van der Waals surface area contributed by atoms with Gasteiger partial charge < -0.3 is 20.2 Å². The van der Waals surface area contributed by atoms with E-state index in [1.165, 1.54) is 6.42 Å². The SMILES string of the molecule is Cc1c(CC(=O)N2CCN(C(=O)NC3CCCCC3)CC2)c2cc(CO)ccc2n1C(=O)c1ccc(Cl)cc1. The minimum atomic E-state index is -0.206. The Labute approximate surface area is 233 Å². The minimum Gasteiger partial charge on any atom is -0.392 e. The third-order valence-electron chi connectivity index (χ3n) is 8.06. The van der Waals surface area contributed by atoms with Crippen molar-refractivity contribution in [3.05, 3.63) is 69.9 Å². The Hall–Kier alpha value is -3.36. The number of amides is 3. The van der Waals surface area contributed by atoms with E-state index in [1.807, 2.05) is 19.1 Å². The van der Waals surface area contributed by atoms with Crippen LogP contribution in [0.25, 0.3) is 10.9 Å². The highest BCUT2D eigenvalue weighted by Crippen LogP contribution is 2.29. The van der Waals surface area contributed by atoms with E-state index in [4.69, 9.17) is 11.6 Å². The summed E-state index contributed by atoms with van der Waals surface area (Å²) in [6.45, 7) is 3.65. The Morgan fingerprint density at radius 2 is 1.62 bits per heavy atom. The predicted molar refractivity (Wildman–Crippen MR) is 151 cm³/mol. The summed E-state index contributed by atoms with van der Waals surface area (Å²) >= 11 is 6.02. The van der Waals surface area contributed by atoms with E-state index >= 15 is 0 Å². The number of piperazine rings is 1. The molecule has 3 amide bonds. The van der Waals surface area contributed by atoms with Gasteiger partial charge in [0.15, 0.2) is 0 Å². The monoisotopic (exact) mass is 550 g/mol. The molecule has 0 atom stereocenters. The lowest BCUT2D eigenvalue weighted by atomic mass is 9.96. The molecule has 2 fully saturated rings. The number of aromatic nitrogens is 1. The first-order chi connectivity index (χ1) is 18.9. The van der Waals surface area contributed by atoms with Gasteiger partial charge in [0, 0.05) is 53.9 Å². The number of hydrogen-bond donors (Lipinski definition) is 2. The van der Waals surface area contributed by atoms with Crippen LogP contribution in [0.15, 0.2) is 42.5 Å². The fourth-order valence-electron chi connectivity index (χ4n) is 5.77. The van der Waals surface area contributed by atoms with E-state index in [0.29, 0.717) is 53.5 Å². The van der Waals surface area contributed by atoms with Crippen molar-refractivity contribution < 1.29 is 19.5 Å². The zero-order valence-corrected chi connectivity index (χ0v) is 23.0. The molecule has 0 spiro atoms. The fourth-order valence-corrected chi connectivity index (χ4v) is 5.90. The summed E-state index contributed by atoms with van der Waals surface area (Å²) in [5.74, 6) is -0.250. The van der Waals surface area contributed by atoms with Crippen molar-refractivity contribution in [3.63, 3.8) is 0 Å². The Balaban J connectivity index is 1.32.